The normalized spacial score (nSPS) is 18.2. The van der Waals surface area contributed by atoms with Gasteiger partial charge in [0, 0.05) is 43.2 Å². The van der Waals surface area contributed by atoms with Gasteiger partial charge in [0.2, 0.25) is 5.91 Å². The minimum absolute atomic E-state index is 0.185. The van der Waals surface area contributed by atoms with Crippen LogP contribution in [0.25, 0.3) is 10.9 Å². The summed E-state index contributed by atoms with van der Waals surface area (Å²) < 4.78 is -0.613. The topological polar surface area (TPSA) is 74.0 Å². The number of rotatable bonds is 5. The van der Waals surface area contributed by atoms with Crippen molar-refractivity contribution < 1.29 is 9.59 Å². The van der Waals surface area contributed by atoms with Crippen LogP contribution in [-0.2, 0) is 4.79 Å². The van der Waals surface area contributed by atoms with Crippen LogP contribution < -0.4 is 10.6 Å². The number of benzene rings is 3. The maximum absolute atomic E-state index is 13.1. The Hall–Kier alpha value is -1.93. The van der Waals surface area contributed by atoms with Crippen molar-refractivity contribution in [3.8, 4) is 0 Å². The molecule has 5 nitrogen and oxygen atoms in total. The quantitative estimate of drug-likeness (QED) is 0.190. The van der Waals surface area contributed by atoms with Gasteiger partial charge in [-0.2, -0.15) is 0 Å². The van der Waals surface area contributed by atoms with Crippen LogP contribution in [0.3, 0.4) is 0 Å². The van der Waals surface area contributed by atoms with Crippen LogP contribution in [0.4, 0.5) is 11.4 Å². The predicted molar refractivity (Wildman–Crippen MR) is 151 cm³/mol. The summed E-state index contributed by atoms with van der Waals surface area (Å²) in [6.07, 6.45) is 1.81. The van der Waals surface area contributed by atoms with Crippen molar-refractivity contribution in [1.29, 1.82) is 0 Å². The zero-order valence-electron chi connectivity index (χ0n) is 18.0. The van der Waals surface area contributed by atoms with Crippen molar-refractivity contribution in [3.63, 3.8) is 0 Å². The van der Waals surface area contributed by atoms with Crippen molar-refractivity contribution >= 4 is 108 Å². The van der Waals surface area contributed by atoms with E-state index in [4.69, 9.17) is 58.0 Å². The summed E-state index contributed by atoms with van der Waals surface area (Å²) in [5, 5.41) is 7.69. The highest BCUT2D eigenvalue weighted by Gasteiger charge is 2.67. The molecule has 0 radical (unpaired) electrons. The van der Waals surface area contributed by atoms with Crippen molar-refractivity contribution in [1.82, 2.24) is 4.98 Å². The maximum atomic E-state index is 13.1. The lowest BCUT2D eigenvalue weighted by Crippen LogP contribution is -2.18. The number of amides is 2. The molecule has 0 bridgehead atoms. The first-order valence-electron chi connectivity index (χ1n) is 10.6. The Labute approximate surface area is 239 Å². The van der Waals surface area contributed by atoms with Gasteiger partial charge in [0.05, 0.1) is 22.2 Å². The van der Waals surface area contributed by atoms with Gasteiger partial charge >= 0.3 is 0 Å². The summed E-state index contributed by atoms with van der Waals surface area (Å²) in [5.74, 6) is -2.08. The second-order valence-corrected chi connectivity index (χ2v) is 11.9. The highest BCUT2D eigenvalue weighted by Crippen LogP contribution is 2.65. The number of hydrogen-bond acceptors (Lipinski definition) is 2. The molecule has 3 aromatic carbocycles. The van der Waals surface area contributed by atoms with Crippen LogP contribution in [0.15, 0.2) is 65.3 Å². The highest BCUT2D eigenvalue weighted by atomic mass is 79.9. The molecule has 0 aliphatic heterocycles. The van der Waals surface area contributed by atoms with Gasteiger partial charge in [-0.15, -0.1) is 23.2 Å². The first kappa shape index (κ1) is 25.7. The molecule has 1 aromatic heterocycles. The lowest BCUT2D eigenvalue weighted by molar-refractivity contribution is -0.117. The summed E-state index contributed by atoms with van der Waals surface area (Å²) in [6.45, 7) is 0. The Morgan fingerprint density at radius 3 is 2.36 bits per heavy atom. The van der Waals surface area contributed by atoms with Crippen LogP contribution >= 0.6 is 73.9 Å². The molecule has 0 spiro atoms. The molecule has 0 saturated heterocycles. The lowest BCUT2D eigenvalue weighted by atomic mass is 10.1. The molecule has 36 heavy (non-hydrogen) atoms. The molecule has 1 saturated carbocycles. The van der Waals surface area contributed by atoms with E-state index in [2.05, 4.69) is 31.5 Å². The molecular weight excluding hydrogens is 631 g/mol. The number of nitrogens with one attached hydrogen (secondary N) is 3. The average Bonchev–Trinajstić information content (AvgIpc) is 3.12. The van der Waals surface area contributed by atoms with E-state index in [0.717, 1.165) is 10.9 Å². The molecule has 2 amide bonds. The molecule has 1 fully saturated rings. The number of halogens is 6. The van der Waals surface area contributed by atoms with Crippen LogP contribution in [0.5, 0.6) is 0 Å². The zero-order valence-corrected chi connectivity index (χ0v) is 23.4. The Balaban J connectivity index is 1.34. The first-order valence-corrected chi connectivity index (χ1v) is 13.2. The van der Waals surface area contributed by atoms with Crippen molar-refractivity contribution in [2.45, 2.75) is 10.3 Å². The summed E-state index contributed by atoms with van der Waals surface area (Å²) in [6, 6.07) is 15.2. The van der Waals surface area contributed by atoms with E-state index in [9.17, 15) is 9.59 Å². The Bertz CT molecular complexity index is 1520. The smallest absolute Gasteiger partial charge is 0.257 e. The Morgan fingerprint density at radius 2 is 1.64 bits per heavy atom. The van der Waals surface area contributed by atoms with Gasteiger partial charge in [-0.1, -0.05) is 34.8 Å². The van der Waals surface area contributed by atoms with Gasteiger partial charge < -0.3 is 15.6 Å². The molecular formula is C25H15BrCl5N3O2. The third-order valence-electron chi connectivity index (χ3n) is 5.95. The van der Waals surface area contributed by atoms with Crippen LogP contribution in [0.2, 0.25) is 15.1 Å². The monoisotopic (exact) mass is 643 g/mol. The summed E-state index contributed by atoms with van der Waals surface area (Å²) in [7, 11) is 0. The minimum atomic E-state index is -1.33. The van der Waals surface area contributed by atoms with Gasteiger partial charge in [-0.25, -0.2) is 0 Å². The molecule has 5 rings (SSSR count). The molecule has 1 aliphatic carbocycles. The molecule has 1 aliphatic rings. The molecule has 2 unspecified atom stereocenters. The number of fused-ring (bicyclic) bond motifs is 1. The van der Waals surface area contributed by atoms with E-state index in [1.54, 1.807) is 24.3 Å². The minimum Gasteiger partial charge on any atom is -0.361 e. The number of alkyl halides is 2. The summed E-state index contributed by atoms with van der Waals surface area (Å²) in [5.41, 5.74) is 2.65. The van der Waals surface area contributed by atoms with Gasteiger partial charge in [-0.05, 0) is 76.1 Å². The second kappa shape index (κ2) is 9.75. The Morgan fingerprint density at radius 1 is 0.917 bits per heavy atom. The Kier molecular flexibility index (Phi) is 6.96. The largest absolute Gasteiger partial charge is 0.361 e. The fourth-order valence-electron chi connectivity index (χ4n) is 4.18. The number of carbonyl (C=O) groups is 2. The van der Waals surface area contributed by atoms with E-state index in [0.29, 0.717) is 31.5 Å². The first-order chi connectivity index (χ1) is 17.0. The number of hydrogen-bond donors (Lipinski definition) is 3. The molecule has 4 aromatic rings. The van der Waals surface area contributed by atoms with E-state index in [-0.39, 0.29) is 10.6 Å². The summed E-state index contributed by atoms with van der Waals surface area (Å²) in [4.78, 5) is 29.2. The number of aromatic nitrogens is 1. The maximum Gasteiger partial charge on any atom is 0.257 e. The van der Waals surface area contributed by atoms with Crippen LogP contribution in [0, 0.1) is 5.92 Å². The standard InChI is InChI=1S/C25H15BrCl5N3O2/c26-17-7-11-3-4-32-19(11)10-20(17)34-23(35)16-9-15(1-2-18(16)29)33-24(36)22-21(25(22,30)31)12-5-13(27)8-14(28)6-12/h1-10,21-22,32H,(H,33,36)(H,34,35). The van der Waals surface area contributed by atoms with Crippen molar-refractivity contribution in [2.24, 2.45) is 5.92 Å². The second-order valence-electron chi connectivity index (χ2n) is 8.37. The number of aromatic amines is 1. The molecule has 11 heteroatoms. The molecule has 1 heterocycles. The van der Waals surface area contributed by atoms with Crippen molar-refractivity contribution in [2.75, 3.05) is 10.6 Å². The van der Waals surface area contributed by atoms with Gasteiger partial charge in [0.25, 0.3) is 5.91 Å². The van der Waals surface area contributed by atoms with Gasteiger partial charge in [-0.3, -0.25) is 9.59 Å². The zero-order chi connectivity index (χ0) is 25.8. The predicted octanol–water partition coefficient (Wildman–Crippen LogP) is 8.67. The number of carbonyl (C=O) groups excluding carboxylic acids is 2. The van der Waals surface area contributed by atoms with E-state index < -0.39 is 28.0 Å². The molecule has 184 valence electrons. The SMILES string of the molecule is O=C(Nc1cc2[nH]ccc2cc1Br)c1cc(NC(=O)C2C(c3cc(Cl)cc(Cl)c3)C2(Cl)Cl)ccc1Cl. The van der Waals surface area contributed by atoms with Crippen LogP contribution in [0.1, 0.15) is 21.8 Å². The third kappa shape index (κ3) is 4.95. The molecule has 2 atom stereocenters. The van der Waals surface area contributed by atoms with Gasteiger partial charge in [0.15, 0.2) is 0 Å². The lowest BCUT2D eigenvalue weighted by Gasteiger charge is -2.11. The molecule has 3 N–H and O–H groups in total. The summed E-state index contributed by atoms with van der Waals surface area (Å²) >= 11 is 34.9. The highest BCUT2D eigenvalue weighted by molar-refractivity contribution is 9.10. The van der Waals surface area contributed by atoms with Crippen LogP contribution in [-0.4, -0.2) is 21.1 Å². The fraction of sp³-hybridized carbons (Fsp3) is 0.120. The van der Waals surface area contributed by atoms with Crippen molar-refractivity contribution in [3.05, 3.63) is 91.5 Å². The fourth-order valence-corrected chi connectivity index (χ4v) is 6.21. The van der Waals surface area contributed by atoms with E-state index >= 15 is 0 Å². The average molecular weight is 647 g/mol. The third-order valence-corrected chi connectivity index (χ3v) is 8.31. The number of anilines is 2. The van der Waals surface area contributed by atoms with Gasteiger partial charge in [0.1, 0.15) is 4.33 Å². The van der Waals surface area contributed by atoms with E-state index in [1.807, 2.05) is 24.4 Å². The number of H-pyrrole nitrogens is 1. The van der Waals surface area contributed by atoms with E-state index in [1.165, 1.54) is 12.1 Å².